The fourth-order valence-electron chi connectivity index (χ4n) is 20.0. The molecule has 6 fully saturated rings. The Hall–Kier alpha value is -9.69. The summed E-state index contributed by atoms with van der Waals surface area (Å²) in [5, 5.41) is 35.9. The van der Waals surface area contributed by atoms with Gasteiger partial charge in [-0.25, -0.2) is 29.3 Å². The molecule has 6 aromatic heterocycles. The molecule has 27 nitrogen and oxygen atoms in total. The lowest BCUT2D eigenvalue weighted by Gasteiger charge is -2.43. The Morgan fingerprint density at radius 3 is 1.12 bits per heavy atom. The molecule has 6 aliphatic rings. The molecule has 6 saturated heterocycles. The van der Waals surface area contributed by atoms with E-state index in [0.29, 0.717) is 38.8 Å². The molecule has 15 aromatic rings. The molecular weight excluding hydrogens is 2030 g/mol. The number of aromatic nitrogens is 9. The van der Waals surface area contributed by atoms with Crippen LogP contribution in [0.2, 0.25) is 15.1 Å². The number of esters is 2. The van der Waals surface area contributed by atoms with Gasteiger partial charge in [-0.2, -0.15) is 15.3 Å². The average molecular weight is 2150 g/mol. The standard InChI is InChI=1S/C37H42ClN5O4S.C35H38ClN5O4S.C30H29BrClN3O3S.C7H14N2O.ClH/c1-7-46-36(44)32(47-37(3,4)5)30-22(2)18-28-33(31(30)23-8-11-25(38)12-9-23)48-35(39-28)24-10-13-29-27(19-24)34(40-41(29)6)43-15-14-42-16-17-45-21-26(42)20-43;1-20-16-26-31(29(21-6-9-23(36)10-7-21)28(20)30(34(42)43)45-35(2,3)4)46-33(37-26)22-8-11-27-25(17-22)32(38-39(27)5)41-13-12-40-14-15-44-19-24(40)18-41;1-7-37-29(36)25(38-30(3,4)5)23-16(2)14-21-26(24(23)17-8-11-19(32)12-9-17)39-28(33-21)18-10-13-22-20(15-18)27(31)34-35(22)6;1-2-9-3-4-10-6-7(9)5-8-1;/h8-13,18-19,26,32H,7,14-17,20-21H2,1-6H3;6-11,16-17,24,30H,12-15,18-19H2,1-5H3,(H,42,43);8-15,25H,7H2,1-6H3;7-8H,1-6H2;1H/t26-,32-;24-,30-;25-;7-;/m0000./s1. The fourth-order valence-corrected chi connectivity index (χ4v) is 24.3. The van der Waals surface area contributed by atoms with Gasteiger partial charge >= 0.3 is 17.9 Å². The van der Waals surface area contributed by atoms with Crippen LogP contribution in [0.15, 0.2) is 150 Å². The summed E-state index contributed by atoms with van der Waals surface area (Å²) in [6.45, 7) is 44.5. The highest BCUT2D eigenvalue weighted by Gasteiger charge is 2.40. The Balaban J connectivity index is 0.000000141. The maximum Gasteiger partial charge on any atom is 0.339 e. The second kappa shape index (κ2) is 44.4. The highest BCUT2D eigenvalue weighted by molar-refractivity contribution is 9.10. The highest BCUT2D eigenvalue weighted by atomic mass is 79.9. The van der Waals surface area contributed by atoms with Crippen molar-refractivity contribution in [2.45, 2.75) is 150 Å². The number of halogens is 5. The molecule has 2 N–H and O–H groups in total. The van der Waals surface area contributed by atoms with Crippen LogP contribution in [0, 0.1) is 20.8 Å². The molecule has 35 heteroatoms. The third-order valence-electron chi connectivity index (χ3n) is 26.6. The molecule has 0 saturated carbocycles. The molecule has 0 aliphatic carbocycles. The van der Waals surface area contributed by atoms with Gasteiger partial charge in [0.2, 0.25) is 0 Å². The first-order chi connectivity index (χ1) is 68.4. The summed E-state index contributed by atoms with van der Waals surface area (Å²) in [6.07, 6.45) is -2.99. The molecule has 0 radical (unpaired) electrons. The van der Waals surface area contributed by atoms with E-state index in [9.17, 15) is 19.5 Å². The quantitative estimate of drug-likeness (QED) is 0.0712. The van der Waals surface area contributed by atoms with Crippen molar-refractivity contribution in [3.8, 4) is 65.1 Å². The molecule has 0 unspecified atom stereocenters. The Morgan fingerprint density at radius 2 is 0.771 bits per heavy atom. The van der Waals surface area contributed by atoms with Crippen LogP contribution in [0.25, 0.3) is 128 Å². The van der Waals surface area contributed by atoms with E-state index in [-0.39, 0.29) is 25.6 Å². The summed E-state index contributed by atoms with van der Waals surface area (Å²) < 4.78 is 56.4. The number of aryl methyl sites for hydroxylation is 6. The van der Waals surface area contributed by atoms with Crippen molar-refractivity contribution in [3.63, 3.8) is 0 Å². The van der Waals surface area contributed by atoms with Gasteiger partial charge in [-0.1, -0.05) is 71.2 Å². The minimum absolute atomic E-state index is 0. The number of anilines is 2. The number of nitrogens with zero attached hydrogens (tertiary/aromatic N) is 14. The van der Waals surface area contributed by atoms with Crippen LogP contribution >= 0.6 is 97.2 Å². The van der Waals surface area contributed by atoms with Crippen LogP contribution in [0.4, 0.5) is 11.6 Å². The average Bonchev–Trinajstić information content (AvgIpc) is 1.58. The van der Waals surface area contributed by atoms with Gasteiger partial charge in [-0.3, -0.25) is 28.7 Å². The number of carboxylic acids is 1. The molecule has 0 spiro atoms. The van der Waals surface area contributed by atoms with Gasteiger partial charge in [-0.15, -0.1) is 46.4 Å². The fraction of sp³-hybridized carbons (Fsp3) is 0.422. The molecule has 760 valence electrons. The number of aliphatic carboxylic acids is 1. The first-order valence-electron chi connectivity index (χ1n) is 48.8. The summed E-state index contributed by atoms with van der Waals surface area (Å²) in [5.41, 5.74) is 17.0. The van der Waals surface area contributed by atoms with Crippen LogP contribution in [-0.2, 0) is 73.4 Å². The van der Waals surface area contributed by atoms with Crippen molar-refractivity contribution in [2.24, 2.45) is 21.1 Å². The summed E-state index contributed by atoms with van der Waals surface area (Å²) in [5.74, 6) is 0.116. The highest BCUT2D eigenvalue weighted by Crippen LogP contribution is 2.51. The molecule has 0 bridgehead atoms. The van der Waals surface area contributed by atoms with Gasteiger partial charge in [0.1, 0.15) is 19.6 Å². The van der Waals surface area contributed by atoms with Gasteiger partial charge in [0.05, 0.1) is 129 Å². The molecular formula is C109H124BrCl4N15O12S3. The van der Waals surface area contributed by atoms with Crippen LogP contribution in [0.5, 0.6) is 0 Å². The third kappa shape index (κ3) is 23.1. The van der Waals surface area contributed by atoms with Gasteiger partial charge in [0.25, 0.3) is 0 Å². The van der Waals surface area contributed by atoms with Crippen LogP contribution in [0.3, 0.4) is 0 Å². The number of ether oxygens (including phenoxy) is 8. The largest absolute Gasteiger partial charge is 0.479 e. The Bertz CT molecular complexity index is 7210. The molecule has 6 aliphatic heterocycles. The number of carbonyl (C=O) groups excluding carboxylic acids is 2. The summed E-state index contributed by atoms with van der Waals surface area (Å²) >= 11 is 27.2. The first kappa shape index (κ1) is 106. The zero-order valence-electron chi connectivity index (χ0n) is 84.3. The van der Waals surface area contributed by atoms with E-state index in [4.69, 9.17) is 97.8 Å². The lowest BCUT2D eigenvalue weighted by Crippen LogP contribution is -2.58. The number of hydrogen-bond donors (Lipinski definition) is 2. The molecule has 12 heterocycles. The van der Waals surface area contributed by atoms with E-state index in [1.165, 1.54) is 6.54 Å². The molecule has 144 heavy (non-hydrogen) atoms. The van der Waals surface area contributed by atoms with Gasteiger partial charge in [0.15, 0.2) is 29.9 Å². The Morgan fingerprint density at radius 1 is 0.444 bits per heavy atom. The molecule has 9 aromatic carbocycles. The number of carboxylic acid groups (broad SMARTS) is 1. The van der Waals surface area contributed by atoms with E-state index in [1.807, 2.05) is 210 Å². The Labute approximate surface area is 881 Å². The molecule has 21 rings (SSSR count). The lowest BCUT2D eigenvalue weighted by atomic mass is 9.91. The number of morpholine rings is 3. The predicted molar refractivity (Wildman–Crippen MR) is 586 cm³/mol. The minimum atomic E-state index is -1.16. The monoisotopic (exact) mass is 2150 g/mol. The maximum atomic E-state index is 13.5. The number of fused-ring (bicyclic) bond motifs is 9. The van der Waals surface area contributed by atoms with E-state index < -0.39 is 53.0 Å². The summed E-state index contributed by atoms with van der Waals surface area (Å²) in [7, 11) is 5.92. The number of thiazole rings is 3. The summed E-state index contributed by atoms with van der Waals surface area (Å²) in [6, 6.07) is 49.5. The number of hydrogen-bond acceptors (Lipinski definition) is 26. The van der Waals surface area contributed by atoms with Crippen LogP contribution in [0.1, 0.15) is 128 Å². The molecule has 0 amide bonds. The topological polar surface area (TPSA) is 266 Å². The van der Waals surface area contributed by atoms with Gasteiger partial charge < -0.3 is 58.1 Å². The van der Waals surface area contributed by atoms with Crippen molar-refractivity contribution in [1.29, 1.82) is 0 Å². The van der Waals surface area contributed by atoms with E-state index in [2.05, 4.69) is 112 Å². The number of carbonyl (C=O) groups is 3. The van der Waals surface area contributed by atoms with E-state index in [0.717, 1.165) is 284 Å². The lowest BCUT2D eigenvalue weighted by molar-refractivity contribution is -0.167. The SMILES string of the molecule is C1CN2CCOC[C@@H]2CN1.CCOC(=O)[C@@H](OC(C)(C)C)c1c(C)cc2nc(-c3ccc4c(c3)c(Br)nn4C)sc2c1-c1ccc(Cl)cc1.CCOC(=O)[C@@H](OC(C)(C)C)c1c(C)cc2nc(-c3ccc4c(c3)c(N3CCN5CCOC[C@@H]5C3)nn4C)sc2c1-c1ccc(Cl)cc1.Cc1cc2nc(-c3ccc4c(c3)c(N3CCN5CCOC[C@@H]5C3)nn4C)sc2c(-c2ccc(Cl)cc2)c1[C@H](OC(C)(C)C)C(=O)O.Cl. The zero-order valence-corrected chi connectivity index (χ0v) is 91.4. The second-order valence-electron chi connectivity index (χ2n) is 40.1. The van der Waals surface area contributed by atoms with Gasteiger partial charge in [-0.05, 0) is 255 Å². The van der Waals surface area contributed by atoms with E-state index >= 15 is 0 Å². The number of rotatable bonds is 19. The minimum Gasteiger partial charge on any atom is -0.479 e. The van der Waals surface area contributed by atoms with E-state index in [1.54, 1.807) is 40.9 Å². The normalized spacial score (nSPS) is 17.8. The number of benzene rings is 9. The number of nitrogens with one attached hydrogen (secondary N) is 1. The van der Waals surface area contributed by atoms with Crippen molar-refractivity contribution in [3.05, 3.63) is 199 Å². The third-order valence-corrected chi connectivity index (χ3v) is 31.4. The van der Waals surface area contributed by atoms with Crippen molar-refractivity contribution >= 4 is 190 Å². The first-order valence-corrected chi connectivity index (χ1v) is 53.2. The van der Waals surface area contributed by atoms with Crippen molar-refractivity contribution in [1.82, 2.24) is 64.3 Å². The Kier molecular flexibility index (Phi) is 32.6. The summed E-state index contributed by atoms with van der Waals surface area (Å²) in [4.78, 5) is 67.3. The van der Waals surface area contributed by atoms with Crippen molar-refractivity contribution < 1.29 is 57.4 Å². The maximum absolute atomic E-state index is 13.5. The number of piperazine rings is 3. The predicted octanol–water partition coefficient (Wildman–Crippen LogP) is 22.7. The van der Waals surface area contributed by atoms with Crippen LogP contribution < -0.4 is 15.1 Å². The van der Waals surface area contributed by atoms with Crippen molar-refractivity contribution in [2.75, 3.05) is 141 Å². The molecule has 6 atom stereocenters. The smallest absolute Gasteiger partial charge is 0.339 e. The second-order valence-corrected chi connectivity index (χ2v) is 45.2. The van der Waals surface area contributed by atoms with Gasteiger partial charge in [0, 0.05) is 187 Å². The zero-order chi connectivity index (χ0) is 101. The van der Waals surface area contributed by atoms with Crippen LogP contribution in [-0.4, -0.2) is 248 Å².